The van der Waals surface area contributed by atoms with E-state index in [9.17, 15) is 0 Å². The number of nitrogen functional groups attached to an aromatic ring is 1. The van der Waals surface area contributed by atoms with Gasteiger partial charge >= 0.3 is 0 Å². The predicted octanol–water partition coefficient (Wildman–Crippen LogP) is 4.02. The number of ether oxygens (including phenoxy) is 2. The Balaban J connectivity index is 1.58. The summed E-state index contributed by atoms with van der Waals surface area (Å²) >= 11 is 0. The molecule has 128 valence electrons. The van der Waals surface area contributed by atoms with Crippen LogP contribution in [0, 0.1) is 6.92 Å². The monoisotopic (exact) mass is 326 g/mol. The van der Waals surface area contributed by atoms with Gasteiger partial charge in [0.15, 0.2) is 0 Å². The summed E-state index contributed by atoms with van der Waals surface area (Å²) in [4.78, 5) is 2.36. The Morgan fingerprint density at radius 3 is 2.75 bits per heavy atom. The maximum atomic E-state index is 6.02. The third-order valence-electron chi connectivity index (χ3n) is 4.36. The van der Waals surface area contributed by atoms with Crippen molar-refractivity contribution < 1.29 is 9.47 Å². The van der Waals surface area contributed by atoms with Crippen LogP contribution in [0.5, 0.6) is 11.5 Å². The minimum Gasteiger partial charge on any atom is -0.494 e. The molecule has 0 fully saturated rings. The van der Waals surface area contributed by atoms with E-state index in [-0.39, 0.29) is 6.10 Å². The average Bonchev–Trinajstić information content (AvgIpc) is 2.60. The van der Waals surface area contributed by atoms with E-state index in [1.807, 2.05) is 30.3 Å². The van der Waals surface area contributed by atoms with Crippen molar-refractivity contribution in [2.24, 2.45) is 0 Å². The topological polar surface area (TPSA) is 47.7 Å². The Bertz CT molecular complexity index is 670. The summed E-state index contributed by atoms with van der Waals surface area (Å²) in [5.41, 5.74) is 9.06. The lowest BCUT2D eigenvalue weighted by molar-refractivity contribution is 0.188. The SMILES string of the molecule is CCC1CN(CCCOc2ccc(C)cc2)c2cc(N)ccc2O1. The van der Waals surface area contributed by atoms with E-state index in [1.165, 1.54) is 5.56 Å². The summed E-state index contributed by atoms with van der Waals surface area (Å²) in [7, 11) is 0. The predicted molar refractivity (Wildman–Crippen MR) is 99.1 cm³/mol. The van der Waals surface area contributed by atoms with Crippen molar-refractivity contribution in [2.45, 2.75) is 32.8 Å². The highest BCUT2D eigenvalue weighted by Crippen LogP contribution is 2.35. The zero-order chi connectivity index (χ0) is 16.9. The van der Waals surface area contributed by atoms with Crippen molar-refractivity contribution in [3.8, 4) is 11.5 Å². The molecule has 1 atom stereocenters. The average molecular weight is 326 g/mol. The molecule has 2 aromatic rings. The van der Waals surface area contributed by atoms with Crippen molar-refractivity contribution in [2.75, 3.05) is 30.3 Å². The van der Waals surface area contributed by atoms with Gasteiger partial charge in [-0.3, -0.25) is 0 Å². The first-order chi connectivity index (χ1) is 11.7. The number of aryl methyl sites for hydroxylation is 1. The second-order valence-electron chi connectivity index (χ2n) is 6.34. The van der Waals surface area contributed by atoms with Gasteiger partial charge in [0.1, 0.15) is 17.6 Å². The van der Waals surface area contributed by atoms with Crippen molar-refractivity contribution in [1.82, 2.24) is 0 Å². The molecule has 0 spiro atoms. The van der Waals surface area contributed by atoms with E-state index in [0.29, 0.717) is 6.61 Å². The van der Waals surface area contributed by atoms with Crippen molar-refractivity contribution in [3.05, 3.63) is 48.0 Å². The lowest BCUT2D eigenvalue weighted by Gasteiger charge is -2.36. The summed E-state index contributed by atoms with van der Waals surface area (Å²) in [6.07, 6.45) is 2.19. The van der Waals surface area contributed by atoms with E-state index < -0.39 is 0 Å². The first-order valence-corrected chi connectivity index (χ1v) is 8.66. The Labute approximate surface area is 144 Å². The minimum absolute atomic E-state index is 0.235. The molecule has 4 heteroatoms. The summed E-state index contributed by atoms with van der Waals surface area (Å²) < 4.78 is 11.9. The van der Waals surface area contributed by atoms with Crippen LogP contribution in [0.25, 0.3) is 0 Å². The number of anilines is 2. The van der Waals surface area contributed by atoms with E-state index >= 15 is 0 Å². The van der Waals surface area contributed by atoms with Crippen LogP contribution in [0.3, 0.4) is 0 Å². The quantitative estimate of drug-likeness (QED) is 0.643. The molecule has 1 aliphatic rings. The molecule has 0 aliphatic carbocycles. The van der Waals surface area contributed by atoms with Crippen LogP contribution in [0.2, 0.25) is 0 Å². The fraction of sp³-hybridized carbons (Fsp3) is 0.400. The Kier molecular flexibility index (Phi) is 5.14. The number of nitrogens with zero attached hydrogens (tertiary/aromatic N) is 1. The van der Waals surface area contributed by atoms with E-state index in [1.54, 1.807) is 0 Å². The van der Waals surface area contributed by atoms with Gasteiger partial charge in [0.25, 0.3) is 0 Å². The fourth-order valence-corrected chi connectivity index (χ4v) is 2.95. The number of benzene rings is 2. The highest BCUT2D eigenvalue weighted by Gasteiger charge is 2.24. The standard InChI is InChI=1S/C20H26N2O2/c1-3-17-14-22(19-13-16(21)7-10-20(19)24-17)11-4-12-23-18-8-5-15(2)6-9-18/h5-10,13,17H,3-4,11-12,14,21H2,1-2H3. The van der Waals surface area contributed by atoms with E-state index in [4.69, 9.17) is 15.2 Å². The first kappa shape index (κ1) is 16.5. The molecule has 0 bridgehead atoms. The molecule has 1 aliphatic heterocycles. The summed E-state index contributed by atoms with van der Waals surface area (Å²) in [5, 5.41) is 0. The van der Waals surface area contributed by atoms with Crippen LogP contribution >= 0.6 is 0 Å². The second kappa shape index (κ2) is 7.47. The molecular weight excluding hydrogens is 300 g/mol. The van der Waals surface area contributed by atoms with Crippen molar-refractivity contribution in [1.29, 1.82) is 0 Å². The normalized spacial score (nSPS) is 16.4. The second-order valence-corrected chi connectivity index (χ2v) is 6.34. The molecule has 2 N–H and O–H groups in total. The lowest BCUT2D eigenvalue weighted by atomic mass is 10.1. The summed E-state index contributed by atoms with van der Waals surface area (Å²) in [6.45, 7) is 6.77. The van der Waals surface area contributed by atoms with Crippen LogP contribution in [0.1, 0.15) is 25.3 Å². The summed E-state index contributed by atoms with van der Waals surface area (Å²) in [5.74, 6) is 1.86. The number of nitrogens with two attached hydrogens (primary N) is 1. The van der Waals surface area contributed by atoms with Gasteiger partial charge in [-0.15, -0.1) is 0 Å². The van der Waals surface area contributed by atoms with Gasteiger partial charge in [0.2, 0.25) is 0 Å². The van der Waals surface area contributed by atoms with Gasteiger partial charge < -0.3 is 20.1 Å². The third-order valence-corrected chi connectivity index (χ3v) is 4.36. The van der Waals surface area contributed by atoms with Crippen LogP contribution < -0.4 is 20.1 Å². The lowest BCUT2D eigenvalue weighted by Crippen LogP contribution is -2.40. The van der Waals surface area contributed by atoms with Crippen LogP contribution in [-0.2, 0) is 0 Å². The molecule has 1 heterocycles. The maximum absolute atomic E-state index is 6.02. The molecule has 0 saturated carbocycles. The van der Waals surface area contributed by atoms with E-state index in [2.05, 4.69) is 30.9 Å². The number of hydrogen-bond acceptors (Lipinski definition) is 4. The largest absolute Gasteiger partial charge is 0.494 e. The van der Waals surface area contributed by atoms with Crippen molar-refractivity contribution >= 4 is 11.4 Å². The minimum atomic E-state index is 0.235. The van der Waals surface area contributed by atoms with Crippen LogP contribution in [-0.4, -0.2) is 25.8 Å². The van der Waals surface area contributed by atoms with Gasteiger partial charge in [0.05, 0.1) is 18.8 Å². The molecule has 0 radical (unpaired) electrons. The van der Waals surface area contributed by atoms with Gasteiger partial charge in [0, 0.05) is 12.2 Å². The highest BCUT2D eigenvalue weighted by atomic mass is 16.5. The van der Waals surface area contributed by atoms with Crippen LogP contribution in [0.4, 0.5) is 11.4 Å². The molecule has 24 heavy (non-hydrogen) atoms. The van der Waals surface area contributed by atoms with Gasteiger partial charge in [-0.25, -0.2) is 0 Å². The molecular formula is C20H26N2O2. The zero-order valence-corrected chi connectivity index (χ0v) is 14.5. The molecule has 0 amide bonds. The van der Waals surface area contributed by atoms with Gasteiger partial charge in [-0.05, 0) is 50.1 Å². The third kappa shape index (κ3) is 3.94. The molecule has 3 rings (SSSR count). The molecule has 4 nitrogen and oxygen atoms in total. The molecule has 0 saturated heterocycles. The number of hydrogen-bond donors (Lipinski definition) is 1. The Hall–Kier alpha value is -2.36. The highest BCUT2D eigenvalue weighted by molar-refractivity contribution is 5.66. The van der Waals surface area contributed by atoms with Gasteiger partial charge in [-0.2, -0.15) is 0 Å². The number of fused-ring (bicyclic) bond motifs is 1. The van der Waals surface area contributed by atoms with Crippen molar-refractivity contribution in [3.63, 3.8) is 0 Å². The molecule has 1 unspecified atom stereocenters. The van der Waals surface area contributed by atoms with E-state index in [0.717, 1.165) is 48.8 Å². The fourth-order valence-electron chi connectivity index (χ4n) is 2.95. The van der Waals surface area contributed by atoms with Gasteiger partial charge in [-0.1, -0.05) is 24.6 Å². The Morgan fingerprint density at radius 2 is 2.00 bits per heavy atom. The maximum Gasteiger partial charge on any atom is 0.143 e. The first-order valence-electron chi connectivity index (χ1n) is 8.66. The smallest absolute Gasteiger partial charge is 0.143 e. The molecule has 2 aromatic carbocycles. The number of rotatable bonds is 6. The van der Waals surface area contributed by atoms with Crippen LogP contribution in [0.15, 0.2) is 42.5 Å². The molecule has 0 aromatic heterocycles. The Morgan fingerprint density at radius 1 is 1.21 bits per heavy atom. The zero-order valence-electron chi connectivity index (χ0n) is 14.5. The summed E-state index contributed by atoms with van der Waals surface area (Å²) in [6, 6.07) is 14.1.